The third-order valence-electron chi connectivity index (χ3n) is 3.35. The van der Waals surface area contributed by atoms with Crippen LogP contribution in [0, 0.1) is 17.0 Å². The van der Waals surface area contributed by atoms with Crippen LogP contribution in [0.2, 0.25) is 0 Å². The van der Waals surface area contributed by atoms with E-state index < -0.39 is 0 Å². The lowest BCUT2D eigenvalue weighted by atomic mass is 9.94. The minimum Gasteiger partial charge on any atom is -0.375 e. The Balaban J connectivity index is 2.19. The fourth-order valence-corrected chi connectivity index (χ4v) is 2.43. The van der Waals surface area contributed by atoms with Crippen LogP contribution in [-0.2, 0) is 4.74 Å². The van der Waals surface area contributed by atoms with E-state index in [1.807, 2.05) is 13.8 Å². The first-order valence-corrected chi connectivity index (χ1v) is 6.39. The summed E-state index contributed by atoms with van der Waals surface area (Å²) in [5, 5.41) is 14.3. The molecule has 1 saturated heterocycles. The quantitative estimate of drug-likeness (QED) is 0.671. The molecule has 6 heteroatoms. The number of ether oxygens (including phenoxy) is 1. The Morgan fingerprint density at radius 1 is 1.58 bits per heavy atom. The van der Waals surface area contributed by atoms with Crippen molar-refractivity contribution in [3.8, 4) is 0 Å². The van der Waals surface area contributed by atoms with E-state index in [0.717, 1.165) is 12.8 Å². The van der Waals surface area contributed by atoms with Crippen LogP contribution in [0.5, 0.6) is 0 Å². The number of rotatable bonds is 3. The van der Waals surface area contributed by atoms with Gasteiger partial charge in [0.2, 0.25) is 5.82 Å². The summed E-state index contributed by atoms with van der Waals surface area (Å²) in [6.45, 7) is 6.43. The summed E-state index contributed by atoms with van der Waals surface area (Å²) in [6.07, 6.45) is 3.23. The molecule has 1 unspecified atom stereocenters. The molecule has 1 fully saturated rings. The average Bonchev–Trinajstić information content (AvgIpc) is 2.26. The molecule has 0 bridgehead atoms. The third-order valence-corrected chi connectivity index (χ3v) is 3.35. The standard InChI is InChI=1S/C13H19N3O3/c1-9-4-6-14-12(11(9)16(17)18)15-10-5-7-19-13(2,3)8-10/h4,6,10H,5,7-8H2,1-3H3,(H,14,15). The Labute approximate surface area is 112 Å². The Morgan fingerprint density at radius 2 is 2.32 bits per heavy atom. The van der Waals surface area contributed by atoms with Crippen molar-refractivity contribution in [2.24, 2.45) is 0 Å². The maximum atomic E-state index is 11.1. The lowest BCUT2D eigenvalue weighted by molar-refractivity contribution is -0.384. The largest absolute Gasteiger partial charge is 0.375 e. The van der Waals surface area contributed by atoms with E-state index in [2.05, 4.69) is 10.3 Å². The monoisotopic (exact) mass is 265 g/mol. The minimum absolute atomic E-state index is 0.0618. The number of aromatic nitrogens is 1. The van der Waals surface area contributed by atoms with Crippen LogP contribution in [0.3, 0.4) is 0 Å². The first kappa shape index (κ1) is 13.7. The smallest absolute Gasteiger partial charge is 0.314 e. The van der Waals surface area contributed by atoms with Crippen LogP contribution in [0.4, 0.5) is 11.5 Å². The van der Waals surface area contributed by atoms with Gasteiger partial charge in [-0.05, 0) is 39.7 Å². The summed E-state index contributed by atoms with van der Waals surface area (Å²) in [5.74, 6) is 0.354. The maximum Gasteiger partial charge on any atom is 0.314 e. The molecule has 0 saturated carbocycles. The van der Waals surface area contributed by atoms with Gasteiger partial charge in [0, 0.05) is 24.4 Å². The van der Waals surface area contributed by atoms with Crippen LogP contribution in [0.1, 0.15) is 32.3 Å². The van der Waals surface area contributed by atoms with E-state index >= 15 is 0 Å². The van der Waals surface area contributed by atoms with E-state index in [1.165, 1.54) is 0 Å². The number of aryl methyl sites for hydroxylation is 1. The van der Waals surface area contributed by atoms with E-state index in [0.29, 0.717) is 18.0 Å². The molecule has 0 radical (unpaired) electrons. The van der Waals surface area contributed by atoms with E-state index in [4.69, 9.17) is 4.74 Å². The molecule has 2 rings (SSSR count). The zero-order chi connectivity index (χ0) is 14.0. The second kappa shape index (κ2) is 5.13. The van der Waals surface area contributed by atoms with Gasteiger partial charge in [-0.3, -0.25) is 10.1 Å². The van der Waals surface area contributed by atoms with Gasteiger partial charge in [0.15, 0.2) is 0 Å². The lowest BCUT2D eigenvalue weighted by Crippen LogP contribution is -2.40. The Morgan fingerprint density at radius 3 is 2.95 bits per heavy atom. The highest BCUT2D eigenvalue weighted by molar-refractivity contribution is 5.60. The Bertz CT molecular complexity index is 488. The van der Waals surface area contributed by atoms with Gasteiger partial charge in [-0.2, -0.15) is 0 Å². The van der Waals surface area contributed by atoms with Crippen molar-refractivity contribution in [1.29, 1.82) is 0 Å². The van der Waals surface area contributed by atoms with Crippen LogP contribution < -0.4 is 5.32 Å². The molecule has 6 nitrogen and oxygen atoms in total. The molecule has 104 valence electrons. The maximum absolute atomic E-state index is 11.1. The molecule has 19 heavy (non-hydrogen) atoms. The predicted molar refractivity (Wildman–Crippen MR) is 72.3 cm³/mol. The first-order valence-electron chi connectivity index (χ1n) is 6.39. The summed E-state index contributed by atoms with van der Waals surface area (Å²) in [6, 6.07) is 1.80. The molecule has 1 aliphatic heterocycles. The van der Waals surface area contributed by atoms with Gasteiger partial charge in [-0.15, -0.1) is 0 Å². The summed E-state index contributed by atoms with van der Waals surface area (Å²) in [5.41, 5.74) is 0.481. The molecule has 0 aliphatic carbocycles. The van der Waals surface area contributed by atoms with E-state index in [9.17, 15) is 10.1 Å². The highest BCUT2D eigenvalue weighted by Gasteiger charge is 2.30. The van der Waals surface area contributed by atoms with Crippen molar-refractivity contribution in [1.82, 2.24) is 4.98 Å². The van der Waals surface area contributed by atoms with E-state index in [1.54, 1.807) is 19.2 Å². The molecular weight excluding hydrogens is 246 g/mol. The number of nitrogens with one attached hydrogen (secondary N) is 1. The Hall–Kier alpha value is -1.69. The normalized spacial score (nSPS) is 21.9. The zero-order valence-corrected chi connectivity index (χ0v) is 11.5. The summed E-state index contributed by atoms with van der Waals surface area (Å²) in [4.78, 5) is 14.8. The number of hydrogen-bond acceptors (Lipinski definition) is 5. The predicted octanol–water partition coefficient (Wildman–Crippen LogP) is 2.67. The second-order valence-corrected chi connectivity index (χ2v) is 5.52. The fourth-order valence-electron chi connectivity index (χ4n) is 2.43. The molecule has 1 N–H and O–H groups in total. The molecule has 0 amide bonds. The van der Waals surface area contributed by atoms with E-state index in [-0.39, 0.29) is 22.3 Å². The molecule has 0 spiro atoms. The number of nitro groups is 1. The topological polar surface area (TPSA) is 77.3 Å². The van der Waals surface area contributed by atoms with Crippen LogP contribution in [0.15, 0.2) is 12.3 Å². The number of anilines is 1. The number of nitrogens with zero attached hydrogens (tertiary/aromatic N) is 2. The van der Waals surface area contributed by atoms with Crippen LogP contribution in [0.25, 0.3) is 0 Å². The molecule has 1 aromatic rings. The van der Waals surface area contributed by atoms with Crippen molar-refractivity contribution in [2.45, 2.75) is 45.3 Å². The molecule has 1 aromatic heterocycles. The highest BCUT2D eigenvalue weighted by Crippen LogP contribution is 2.30. The van der Waals surface area contributed by atoms with Gasteiger partial charge in [-0.1, -0.05) is 0 Å². The Kier molecular flexibility index (Phi) is 3.71. The van der Waals surface area contributed by atoms with Gasteiger partial charge in [0.1, 0.15) is 0 Å². The molecular formula is C13H19N3O3. The minimum atomic E-state index is -0.380. The van der Waals surface area contributed by atoms with Gasteiger partial charge >= 0.3 is 5.69 Å². The first-order chi connectivity index (χ1) is 8.89. The molecule has 1 aliphatic rings. The van der Waals surface area contributed by atoms with Crippen molar-refractivity contribution in [3.05, 3.63) is 27.9 Å². The zero-order valence-electron chi connectivity index (χ0n) is 11.5. The average molecular weight is 265 g/mol. The third kappa shape index (κ3) is 3.20. The van der Waals surface area contributed by atoms with Crippen LogP contribution in [-0.4, -0.2) is 28.2 Å². The van der Waals surface area contributed by atoms with Crippen molar-refractivity contribution < 1.29 is 9.66 Å². The van der Waals surface area contributed by atoms with Crippen molar-refractivity contribution in [2.75, 3.05) is 11.9 Å². The molecule has 2 heterocycles. The van der Waals surface area contributed by atoms with Crippen molar-refractivity contribution >= 4 is 11.5 Å². The van der Waals surface area contributed by atoms with Crippen LogP contribution >= 0.6 is 0 Å². The van der Waals surface area contributed by atoms with Gasteiger partial charge in [0.25, 0.3) is 0 Å². The van der Waals surface area contributed by atoms with Crippen molar-refractivity contribution in [3.63, 3.8) is 0 Å². The summed E-state index contributed by atoms with van der Waals surface area (Å²) in [7, 11) is 0. The van der Waals surface area contributed by atoms with Gasteiger partial charge < -0.3 is 10.1 Å². The highest BCUT2D eigenvalue weighted by atomic mass is 16.6. The summed E-state index contributed by atoms with van der Waals surface area (Å²) >= 11 is 0. The lowest BCUT2D eigenvalue weighted by Gasteiger charge is -2.35. The fraction of sp³-hybridized carbons (Fsp3) is 0.615. The number of pyridine rings is 1. The number of hydrogen-bond donors (Lipinski definition) is 1. The summed E-state index contributed by atoms with van der Waals surface area (Å²) < 4.78 is 5.64. The SMILES string of the molecule is Cc1ccnc(NC2CCOC(C)(C)C2)c1[N+](=O)[O-]. The van der Waals surface area contributed by atoms with Gasteiger partial charge in [0.05, 0.1) is 10.5 Å². The second-order valence-electron chi connectivity index (χ2n) is 5.52. The molecule has 0 aromatic carbocycles. The molecule has 1 atom stereocenters. The van der Waals surface area contributed by atoms with Gasteiger partial charge in [-0.25, -0.2) is 4.98 Å².